The normalized spacial score (nSPS) is 14.9. The second kappa shape index (κ2) is 5.61. The Labute approximate surface area is 105 Å². The largest absolute Gasteiger partial charge is 0.310 e. The first-order valence-corrected chi connectivity index (χ1v) is 6.19. The molecule has 1 fully saturated rings. The smallest absolute Gasteiger partial charge is 0.151 e. The highest BCUT2D eigenvalue weighted by Gasteiger charge is 2.20. The second-order valence-electron chi connectivity index (χ2n) is 4.53. The molecule has 1 aliphatic rings. The fourth-order valence-electron chi connectivity index (χ4n) is 1.69. The van der Waals surface area contributed by atoms with Crippen molar-refractivity contribution in [3.63, 3.8) is 0 Å². The van der Waals surface area contributed by atoms with Gasteiger partial charge in [-0.2, -0.15) is 0 Å². The monoisotopic (exact) mass is 255 g/mol. The van der Waals surface area contributed by atoms with Crippen molar-refractivity contribution < 1.29 is 9.18 Å². The van der Waals surface area contributed by atoms with Crippen LogP contribution in [-0.4, -0.2) is 18.9 Å². The van der Waals surface area contributed by atoms with Gasteiger partial charge in [0.2, 0.25) is 0 Å². The number of carbonyl (C=O) groups excluding carboxylic acids is 1. The van der Waals surface area contributed by atoms with Gasteiger partial charge in [0.25, 0.3) is 0 Å². The summed E-state index contributed by atoms with van der Waals surface area (Å²) < 4.78 is 13.0. The SMILES string of the molecule is O=C(CNCC1CC1)Cc1cc(F)ccc1Cl. The third kappa shape index (κ3) is 4.10. The number of nitrogens with one attached hydrogen (secondary N) is 1. The average Bonchev–Trinajstić information content (AvgIpc) is 3.07. The summed E-state index contributed by atoms with van der Waals surface area (Å²) >= 11 is 5.90. The highest BCUT2D eigenvalue weighted by atomic mass is 35.5. The van der Waals surface area contributed by atoms with E-state index in [1.807, 2.05) is 0 Å². The number of carbonyl (C=O) groups is 1. The summed E-state index contributed by atoms with van der Waals surface area (Å²) in [6.07, 6.45) is 2.71. The van der Waals surface area contributed by atoms with Gasteiger partial charge in [0.15, 0.2) is 5.78 Å². The molecular weight excluding hydrogens is 241 g/mol. The van der Waals surface area contributed by atoms with Gasteiger partial charge in [0, 0.05) is 11.4 Å². The molecule has 0 radical (unpaired) electrons. The number of hydrogen-bond acceptors (Lipinski definition) is 2. The first-order valence-electron chi connectivity index (χ1n) is 5.81. The van der Waals surface area contributed by atoms with E-state index in [4.69, 9.17) is 11.6 Å². The van der Waals surface area contributed by atoms with Crippen LogP contribution in [0.15, 0.2) is 18.2 Å². The molecule has 0 bridgehead atoms. The average molecular weight is 256 g/mol. The zero-order valence-corrected chi connectivity index (χ0v) is 10.3. The predicted molar refractivity (Wildman–Crippen MR) is 65.7 cm³/mol. The number of benzene rings is 1. The Kier molecular flexibility index (Phi) is 4.13. The Morgan fingerprint density at radius 3 is 2.94 bits per heavy atom. The third-order valence-corrected chi connectivity index (χ3v) is 3.22. The molecule has 0 amide bonds. The van der Waals surface area contributed by atoms with Crippen LogP contribution in [0.3, 0.4) is 0 Å². The number of halogens is 2. The van der Waals surface area contributed by atoms with Crippen molar-refractivity contribution in [3.05, 3.63) is 34.6 Å². The number of ketones is 1. The minimum Gasteiger partial charge on any atom is -0.310 e. The van der Waals surface area contributed by atoms with E-state index in [9.17, 15) is 9.18 Å². The molecule has 1 aromatic rings. The molecule has 4 heteroatoms. The zero-order valence-electron chi connectivity index (χ0n) is 9.51. The van der Waals surface area contributed by atoms with Gasteiger partial charge >= 0.3 is 0 Å². The van der Waals surface area contributed by atoms with Crippen molar-refractivity contribution in [2.24, 2.45) is 5.92 Å². The second-order valence-corrected chi connectivity index (χ2v) is 4.93. The van der Waals surface area contributed by atoms with E-state index in [1.54, 1.807) is 0 Å². The molecule has 1 aromatic carbocycles. The molecule has 0 unspecified atom stereocenters. The fraction of sp³-hybridized carbons (Fsp3) is 0.462. The Bertz CT molecular complexity index is 418. The van der Waals surface area contributed by atoms with E-state index >= 15 is 0 Å². The zero-order chi connectivity index (χ0) is 12.3. The van der Waals surface area contributed by atoms with Crippen molar-refractivity contribution in [3.8, 4) is 0 Å². The molecule has 1 aliphatic carbocycles. The lowest BCUT2D eigenvalue weighted by Crippen LogP contribution is -2.26. The number of rotatable bonds is 6. The van der Waals surface area contributed by atoms with Crippen LogP contribution in [0.5, 0.6) is 0 Å². The first kappa shape index (κ1) is 12.5. The quantitative estimate of drug-likeness (QED) is 0.847. The summed E-state index contributed by atoms with van der Waals surface area (Å²) in [7, 11) is 0. The molecule has 92 valence electrons. The van der Waals surface area contributed by atoms with Crippen LogP contribution in [0.4, 0.5) is 4.39 Å². The predicted octanol–water partition coefficient (Wildman–Crippen LogP) is 2.59. The van der Waals surface area contributed by atoms with Crippen LogP contribution in [0.1, 0.15) is 18.4 Å². The minimum absolute atomic E-state index is 0.0400. The standard InChI is InChI=1S/C13H15ClFNO/c14-13-4-3-11(15)5-10(13)6-12(17)8-16-7-9-1-2-9/h3-5,9,16H,1-2,6-8H2. The van der Waals surface area contributed by atoms with Gasteiger partial charge in [-0.1, -0.05) is 11.6 Å². The van der Waals surface area contributed by atoms with Crippen molar-refractivity contribution >= 4 is 17.4 Å². The van der Waals surface area contributed by atoms with E-state index in [0.717, 1.165) is 12.5 Å². The number of hydrogen-bond donors (Lipinski definition) is 1. The molecule has 0 saturated heterocycles. The maximum absolute atomic E-state index is 13.0. The topological polar surface area (TPSA) is 29.1 Å². The Morgan fingerprint density at radius 1 is 1.47 bits per heavy atom. The number of Topliss-reactive ketones (excluding diaryl/α,β-unsaturated/α-hetero) is 1. The van der Waals surface area contributed by atoms with E-state index < -0.39 is 0 Å². The van der Waals surface area contributed by atoms with Gasteiger partial charge in [0.1, 0.15) is 5.82 Å². The molecule has 0 aromatic heterocycles. The first-order chi connectivity index (χ1) is 8.15. The molecular formula is C13H15ClFNO. The fourth-order valence-corrected chi connectivity index (χ4v) is 1.88. The molecule has 0 spiro atoms. The molecule has 0 atom stereocenters. The van der Waals surface area contributed by atoms with Crippen molar-refractivity contribution in [1.29, 1.82) is 0 Å². The Balaban J connectivity index is 1.81. The molecule has 2 nitrogen and oxygen atoms in total. The van der Waals surface area contributed by atoms with Crippen LogP contribution >= 0.6 is 11.6 Å². The van der Waals surface area contributed by atoms with E-state index in [1.165, 1.54) is 31.0 Å². The van der Waals surface area contributed by atoms with Crippen LogP contribution < -0.4 is 5.32 Å². The van der Waals surface area contributed by atoms with Crippen molar-refractivity contribution in [2.75, 3.05) is 13.1 Å². The molecule has 1 N–H and O–H groups in total. The van der Waals surface area contributed by atoms with E-state index in [2.05, 4.69) is 5.32 Å². The van der Waals surface area contributed by atoms with Gasteiger partial charge in [-0.15, -0.1) is 0 Å². The van der Waals surface area contributed by atoms with Crippen molar-refractivity contribution in [1.82, 2.24) is 5.32 Å². The summed E-state index contributed by atoms with van der Waals surface area (Å²) in [6.45, 7) is 1.24. The van der Waals surface area contributed by atoms with E-state index in [-0.39, 0.29) is 18.0 Å². The van der Waals surface area contributed by atoms with Crippen LogP contribution in [0, 0.1) is 11.7 Å². The Hall–Kier alpha value is -0.930. The molecule has 0 aliphatic heterocycles. The summed E-state index contributed by atoms with van der Waals surface area (Å²) in [5.41, 5.74) is 0.560. The maximum Gasteiger partial charge on any atom is 0.151 e. The van der Waals surface area contributed by atoms with Crippen LogP contribution in [0.2, 0.25) is 5.02 Å². The minimum atomic E-state index is -0.358. The summed E-state index contributed by atoms with van der Waals surface area (Å²) in [4.78, 5) is 11.6. The van der Waals surface area contributed by atoms with Gasteiger partial charge in [0.05, 0.1) is 6.54 Å². The molecule has 0 heterocycles. The molecule has 1 saturated carbocycles. The van der Waals surface area contributed by atoms with E-state index in [0.29, 0.717) is 17.1 Å². The lowest BCUT2D eigenvalue weighted by atomic mass is 10.1. The molecule has 17 heavy (non-hydrogen) atoms. The lowest BCUT2D eigenvalue weighted by Gasteiger charge is -2.05. The van der Waals surface area contributed by atoms with Crippen molar-refractivity contribution in [2.45, 2.75) is 19.3 Å². The van der Waals surface area contributed by atoms with Gasteiger partial charge < -0.3 is 5.32 Å². The summed E-state index contributed by atoms with van der Waals surface area (Å²) in [5.74, 6) is 0.432. The van der Waals surface area contributed by atoms with Crippen LogP contribution in [0.25, 0.3) is 0 Å². The maximum atomic E-state index is 13.0. The lowest BCUT2D eigenvalue weighted by molar-refractivity contribution is -0.117. The van der Waals surface area contributed by atoms with Gasteiger partial charge in [-0.3, -0.25) is 4.79 Å². The van der Waals surface area contributed by atoms with Crippen LogP contribution in [-0.2, 0) is 11.2 Å². The molecule has 2 rings (SSSR count). The van der Waals surface area contributed by atoms with Gasteiger partial charge in [-0.05, 0) is 49.1 Å². The highest BCUT2D eigenvalue weighted by Crippen LogP contribution is 2.27. The Morgan fingerprint density at radius 2 is 2.24 bits per heavy atom. The summed E-state index contributed by atoms with van der Waals surface area (Å²) in [5, 5.41) is 3.56. The highest BCUT2D eigenvalue weighted by molar-refractivity contribution is 6.31. The summed E-state index contributed by atoms with van der Waals surface area (Å²) in [6, 6.07) is 4.10. The third-order valence-electron chi connectivity index (χ3n) is 2.85. The van der Waals surface area contributed by atoms with Gasteiger partial charge in [-0.25, -0.2) is 4.39 Å².